The molecule has 2 unspecified atom stereocenters. The van der Waals surface area contributed by atoms with E-state index in [1.165, 1.54) is 77.0 Å². The van der Waals surface area contributed by atoms with E-state index in [9.17, 15) is 14.3 Å². The summed E-state index contributed by atoms with van der Waals surface area (Å²) < 4.78 is 33.4. The van der Waals surface area contributed by atoms with Gasteiger partial charge in [-0.15, -0.1) is 0 Å². The zero-order chi connectivity index (χ0) is 42.3. The first-order chi connectivity index (χ1) is 28.4. The Bertz CT molecular complexity index is 1160. The summed E-state index contributed by atoms with van der Waals surface area (Å²) in [6.07, 6.45) is 59.0. The van der Waals surface area contributed by atoms with Crippen molar-refractivity contribution < 1.29 is 32.8 Å². The zero-order valence-electron chi connectivity index (χ0n) is 37.0. The summed E-state index contributed by atoms with van der Waals surface area (Å²) in [4.78, 5) is 22.5. The molecule has 0 bridgehead atoms. The Morgan fingerprint density at radius 3 is 1.41 bits per heavy atom. The van der Waals surface area contributed by atoms with Crippen LogP contribution in [0.4, 0.5) is 0 Å². The van der Waals surface area contributed by atoms with Crippen LogP contribution in [0.3, 0.4) is 0 Å². The van der Waals surface area contributed by atoms with Crippen LogP contribution in [0.5, 0.6) is 0 Å². The molecule has 9 heteroatoms. The van der Waals surface area contributed by atoms with Gasteiger partial charge in [0.05, 0.1) is 19.8 Å². The first kappa shape index (κ1) is 55.7. The van der Waals surface area contributed by atoms with Crippen LogP contribution < -0.4 is 5.73 Å². The summed E-state index contributed by atoms with van der Waals surface area (Å²) in [7, 11) is -4.29. The van der Waals surface area contributed by atoms with Gasteiger partial charge in [0.15, 0.2) is 0 Å². The smallest absolute Gasteiger partial charge is 0.457 e. The second-order valence-corrected chi connectivity index (χ2v) is 16.3. The van der Waals surface area contributed by atoms with E-state index >= 15 is 0 Å². The lowest BCUT2D eigenvalue weighted by Gasteiger charge is -2.20. The molecule has 0 aliphatic heterocycles. The van der Waals surface area contributed by atoms with Gasteiger partial charge < -0.3 is 20.1 Å². The molecule has 0 radical (unpaired) electrons. The number of hydrogen-bond acceptors (Lipinski definition) is 7. The number of phosphoric ester groups is 1. The molecule has 0 saturated carbocycles. The van der Waals surface area contributed by atoms with Crippen molar-refractivity contribution in [1.82, 2.24) is 0 Å². The first-order valence-corrected chi connectivity index (χ1v) is 24.6. The third kappa shape index (κ3) is 44.8. The molecule has 0 spiro atoms. The predicted molar refractivity (Wildman–Crippen MR) is 247 cm³/mol. The summed E-state index contributed by atoms with van der Waals surface area (Å²) in [5.41, 5.74) is 5.37. The molecule has 0 aromatic carbocycles. The lowest BCUT2D eigenvalue weighted by Crippen LogP contribution is -2.28. The molecule has 0 aliphatic carbocycles. The molecule has 0 saturated heterocycles. The van der Waals surface area contributed by atoms with Gasteiger partial charge in [0.2, 0.25) is 0 Å². The Kier molecular flexibility index (Phi) is 43.9. The normalized spacial score (nSPS) is 14.2. The lowest BCUT2D eigenvalue weighted by atomic mass is 10.0. The molecule has 0 aliphatic rings. The standard InChI is InChI=1S/C49H86NO7P/c1-3-5-7-9-11-13-15-17-19-20-21-22-23-24-25-26-27-29-31-33-35-37-39-41-44-54-46-48(47-56-58(52,53)55-45-43-50)57-49(51)42-40-38-36-34-32-30-28-18-16-14-12-10-8-6-4-2/h5,7,11,13,17,19,21-22,24-25,27,29,33,35,48H,3-4,6,8-10,12,14-16,18,20,23,26,28,30-32,34,36-47,50H2,1-2H3,(H,52,53)/b7-5-,13-11-,19-17-,22-21-,25-24-,29-27-,35-33-. The third-order valence-corrected chi connectivity index (χ3v) is 10.3. The molecule has 0 aromatic rings. The minimum Gasteiger partial charge on any atom is -0.457 e. The van der Waals surface area contributed by atoms with Crippen molar-refractivity contribution in [2.24, 2.45) is 5.73 Å². The number of unbranched alkanes of at least 4 members (excludes halogenated alkanes) is 16. The van der Waals surface area contributed by atoms with Gasteiger partial charge in [-0.3, -0.25) is 13.8 Å². The number of carbonyl (C=O) groups excluding carboxylic acids is 1. The van der Waals surface area contributed by atoms with Crippen molar-refractivity contribution in [2.45, 2.75) is 187 Å². The maximum absolute atomic E-state index is 12.6. The minimum absolute atomic E-state index is 0.0833. The summed E-state index contributed by atoms with van der Waals surface area (Å²) in [5, 5.41) is 0. The van der Waals surface area contributed by atoms with E-state index < -0.39 is 13.9 Å². The number of phosphoric acid groups is 1. The van der Waals surface area contributed by atoms with E-state index in [1.54, 1.807) is 0 Å². The number of carbonyl (C=O) groups is 1. The summed E-state index contributed by atoms with van der Waals surface area (Å²) in [6.45, 7) is 4.69. The highest BCUT2D eigenvalue weighted by Crippen LogP contribution is 2.43. The van der Waals surface area contributed by atoms with Crippen LogP contribution in [0.1, 0.15) is 181 Å². The second kappa shape index (κ2) is 45.8. The molecule has 2 atom stereocenters. The summed E-state index contributed by atoms with van der Waals surface area (Å²) in [5.74, 6) is -0.348. The molecule has 0 heterocycles. The van der Waals surface area contributed by atoms with Gasteiger partial charge in [0.25, 0.3) is 0 Å². The third-order valence-electron chi connectivity index (χ3n) is 9.33. The van der Waals surface area contributed by atoms with Gasteiger partial charge >= 0.3 is 13.8 Å². The van der Waals surface area contributed by atoms with Crippen molar-refractivity contribution in [3.8, 4) is 0 Å². The van der Waals surface area contributed by atoms with Gasteiger partial charge in [-0.05, 0) is 70.6 Å². The molecule has 3 N–H and O–H groups in total. The fourth-order valence-corrected chi connectivity index (χ4v) is 6.74. The predicted octanol–water partition coefficient (Wildman–Crippen LogP) is 14.1. The highest BCUT2D eigenvalue weighted by molar-refractivity contribution is 7.47. The topological polar surface area (TPSA) is 117 Å². The number of allylic oxidation sites excluding steroid dienone is 14. The van der Waals surface area contributed by atoms with E-state index in [-0.39, 0.29) is 32.3 Å². The molecule has 58 heavy (non-hydrogen) atoms. The van der Waals surface area contributed by atoms with Crippen molar-refractivity contribution in [3.05, 3.63) is 85.1 Å². The zero-order valence-corrected chi connectivity index (χ0v) is 37.9. The van der Waals surface area contributed by atoms with Crippen LogP contribution in [-0.2, 0) is 27.9 Å². The van der Waals surface area contributed by atoms with Crippen molar-refractivity contribution in [2.75, 3.05) is 33.0 Å². The number of hydrogen-bond donors (Lipinski definition) is 2. The second-order valence-electron chi connectivity index (χ2n) is 14.9. The minimum atomic E-state index is -4.29. The van der Waals surface area contributed by atoms with Crippen LogP contribution in [0.25, 0.3) is 0 Å². The Morgan fingerprint density at radius 2 is 0.966 bits per heavy atom. The summed E-state index contributed by atoms with van der Waals surface area (Å²) in [6, 6.07) is 0. The highest BCUT2D eigenvalue weighted by atomic mass is 31.2. The molecular formula is C49H86NO7P. The lowest BCUT2D eigenvalue weighted by molar-refractivity contribution is -0.154. The molecule has 334 valence electrons. The summed E-state index contributed by atoms with van der Waals surface area (Å²) >= 11 is 0. The molecule has 8 nitrogen and oxygen atoms in total. The molecule has 0 aromatic heterocycles. The number of esters is 1. The SMILES string of the molecule is CC/C=C\C/C=C\C/C=C\C/C=C\C/C=C\C/C=C\C/C=C\CCCCOCC(COP(=O)(O)OCCN)OC(=O)CCCCCCCCCCCCCCCCC. The molecule has 0 amide bonds. The van der Waals surface area contributed by atoms with Gasteiger partial charge in [-0.25, -0.2) is 4.57 Å². The van der Waals surface area contributed by atoms with Gasteiger partial charge in [0, 0.05) is 19.6 Å². The fourth-order valence-electron chi connectivity index (χ4n) is 5.98. The molecule has 0 rings (SSSR count). The van der Waals surface area contributed by atoms with E-state index in [0.717, 1.165) is 83.5 Å². The quantitative estimate of drug-likeness (QED) is 0.0270. The average Bonchev–Trinajstić information content (AvgIpc) is 3.21. The van der Waals surface area contributed by atoms with Gasteiger partial charge in [-0.1, -0.05) is 189 Å². The van der Waals surface area contributed by atoms with Crippen LogP contribution in [0.15, 0.2) is 85.1 Å². The number of rotatable bonds is 43. The van der Waals surface area contributed by atoms with Crippen LogP contribution >= 0.6 is 7.82 Å². The van der Waals surface area contributed by atoms with Gasteiger partial charge in [-0.2, -0.15) is 0 Å². The molecule has 0 fully saturated rings. The Balaban J connectivity index is 4.11. The van der Waals surface area contributed by atoms with Crippen LogP contribution in [0.2, 0.25) is 0 Å². The van der Waals surface area contributed by atoms with Gasteiger partial charge in [0.1, 0.15) is 6.10 Å². The van der Waals surface area contributed by atoms with E-state index in [0.29, 0.717) is 13.0 Å². The van der Waals surface area contributed by atoms with Crippen LogP contribution in [0, 0.1) is 0 Å². The number of nitrogens with two attached hydrogens (primary N) is 1. The average molecular weight is 832 g/mol. The first-order valence-electron chi connectivity index (χ1n) is 23.1. The maximum Gasteiger partial charge on any atom is 0.472 e. The Hall–Kier alpha value is -2.32. The van der Waals surface area contributed by atoms with E-state index in [2.05, 4.69) is 98.9 Å². The van der Waals surface area contributed by atoms with Crippen molar-refractivity contribution in [3.63, 3.8) is 0 Å². The van der Waals surface area contributed by atoms with E-state index in [1.807, 2.05) is 0 Å². The Labute approximate surface area is 356 Å². The largest absolute Gasteiger partial charge is 0.472 e. The van der Waals surface area contributed by atoms with Crippen molar-refractivity contribution in [1.29, 1.82) is 0 Å². The highest BCUT2D eigenvalue weighted by Gasteiger charge is 2.25. The van der Waals surface area contributed by atoms with Crippen LogP contribution in [-0.4, -0.2) is 49.9 Å². The van der Waals surface area contributed by atoms with E-state index in [4.69, 9.17) is 24.3 Å². The maximum atomic E-state index is 12.6. The fraction of sp³-hybridized carbons (Fsp3) is 0.694. The molecular weight excluding hydrogens is 746 g/mol. The monoisotopic (exact) mass is 832 g/mol. The van der Waals surface area contributed by atoms with Crippen molar-refractivity contribution >= 4 is 13.8 Å². The number of ether oxygens (including phenoxy) is 2. The Morgan fingerprint density at radius 1 is 0.534 bits per heavy atom.